The first-order valence-electron chi connectivity index (χ1n) is 39.5. The summed E-state index contributed by atoms with van der Waals surface area (Å²) in [4.78, 5) is 72.8. The van der Waals surface area contributed by atoms with Crippen molar-refractivity contribution < 1.29 is 80.2 Å². The maximum absolute atomic E-state index is 13.1. The number of unbranched alkanes of at least 4 members (excludes halogenated alkanes) is 44. The van der Waals surface area contributed by atoms with Gasteiger partial charge in [0.1, 0.15) is 19.3 Å². The summed E-state index contributed by atoms with van der Waals surface area (Å²) in [5.74, 6) is -0.517. The number of aliphatic hydroxyl groups excluding tert-OH is 1. The van der Waals surface area contributed by atoms with E-state index in [4.69, 9.17) is 37.0 Å². The molecule has 17 nitrogen and oxygen atoms in total. The van der Waals surface area contributed by atoms with Crippen LogP contribution in [-0.2, 0) is 65.4 Å². The molecule has 0 amide bonds. The zero-order valence-corrected chi connectivity index (χ0v) is 63.8. The fourth-order valence-corrected chi connectivity index (χ4v) is 13.2. The van der Waals surface area contributed by atoms with Crippen molar-refractivity contribution in [3.8, 4) is 0 Å². The zero-order chi connectivity index (χ0) is 70.0. The van der Waals surface area contributed by atoms with E-state index in [9.17, 15) is 43.2 Å². The Bertz CT molecular complexity index is 1840. The fraction of sp³-hybridized carbons (Fsp3) is 0.947. The van der Waals surface area contributed by atoms with Gasteiger partial charge in [-0.3, -0.25) is 37.3 Å². The van der Waals surface area contributed by atoms with E-state index in [-0.39, 0.29) is 25.7 Å². The standard InChI is InChI=1S/C76H148O17P2/c1-7-10-12-14-16-18-19-20-21-25-28-35-41-47-53-59-74(79)87-65-72(92-75(80)60-54-48-42-36-29-26-23-22-24-27-33-38-44-50-56-68(4)5)67-91-95(84,85)89-63-70(77)62-88-94(82,83)90-66-71(64-86-73(78)58-52-46-40-32-17-15-13-11-8-2)93-76(81)61-55-49-43-37-31-30-34-39-45-51-57-69(6)9-3/h68-72,77H,7-67H2,1-6H3,(H,82,83)(H,84,85)/t69?,70-,71+,72+/m0/s1. The van der Waals surface area contributed by atoms with Gasteiger partial charge in [0.05, 0.1) is 26.4 Å². The lowest BCUT2D eigenvalue weighted by Gasteiger charge is -2.21. The normalized spacial score (nSPS) is 14.3. The molecule has 6 atom stereocenters. The van der Waals surface area contributed by atoms with Crippen LogP contribution in [0.25, 0.3) is 0 Å². The number of phosphoric acid groups is 2. The van der Waals surface area contributed by atoms with Crippen molar-refractivity contribution in [3.05, 3.63) is 0 Å². The number of carbonyl (C=O) groups is 4. The molecular formula is C76H148O17P2. The number of ether oxygens (including phenoxy) is 4. The summed E-state index contributed by atoms with van der Waals surface area (Å²) in [6.45, 7) is 9.63. The molecule has 0 heterocycles. The van der Waals surface area contributed by atoms with Crippen molar-refractivity contribution in [2.45, 2.75) is 413 Å². The molecule has 0 spiro atoms. The molecule has 564 valence electrons. The van der Waals surface area contributed by atoms with Gasteiger partial charge in [-0.1, -0.05) is 343 Å². The highest BCUT2D eigenvalue weighted by atomic mass is 31.2. The Morgan fingerprint density at radius 1 is 0.305 bits per heavy atom. The molecule has 0 aliphatic heterocycles. The molecule has 0 radical (unpaired) electrons. The maximum atomic E-state index is 13.1. The van der Waals surface area contributed by atoms with Gasteiger partial charge < -0.3 is 33.8 Å². The van der Waals surface area contributed by atoms with Crippen LogP contribution >= 0.6 is 15.6 Å². The number of phosphoric ester groups is 2. The average molecular weight is 1400 g/mol. The van der Waals surface area contributed by atoms with Gasteiger partial charge >= 0.3 is 39.5 Å². The van der Waals surface area contributed by atoms with Crippen LogP contribution in [0.1, 0.15) is 395 Å². The van der Waals surface area contributed by atoms with E-state index < -0.39 is 97.5 Å². The van der Waals surface area contributed by atoms with Crippen molar-refractivity contribution in [2.24, 2.45) is 11.8 Å². The second-order valence-electron chi connectivity index (χ2n) is 28.1. The second kappa shape index (κ2) is 67.9. The third-order valence-corrected chi connectivity index (χ3v) is 20.0. The molecule has 95 heavy (non-hydrogen) atoms. The molecule has 3 unspecified atom stereocenters. The molecule has 0 aromatic heterocycles. The van der Waals surface area contributed by atoms with Crippen LogP contribution in [0.5, 0.6) is 0 Å². The quantitative estimate of drug-likeness (QED) is 0.0222. The van der Waals surface area contributed by atoms with Crippen LogP contribution in [0, 0.1) is 11.8 Å². The highest BCUT2D eigenvalue weighted by molar-refractivity contribution is 7.47. The Balaban J connectivity index is 5.24. The van der Waals surface area contributed by atoms with E-state index in [1.165, 1.54) is 212 Å². The highest BCUT2D eigenvalue weighted by Crippen LogP contribution is 2.45. The molecule has 19 heteroatoms. The van der Waals surface area contributed by atoms with Gasteiger partial charge in [-0.05, 0) is 37.5 Å². The molecule has 0 rings (SSSR count). The molecule has 0 aliphatic rings. The molecule has 0 aromatic carbocycles. The lowest BCUT2D eigenvalue weighted by molar-refractivity contribution is -0.161. The number of aliphatic hydroxyl groups is 1. The molecule has 0 saturated carbocycles. The molecule has 0 fully saturated rings. The zero-order valence-electron chi connectivity index (χ0n) is 62.0. The maximum Gasteiger partial charge on any atom is 0.472 e. The second-order valence-corrected chi connectivity index (χ2v) is 31.0. The molecule has 3 N–H and O–H groups in total. The van der Waals surface area contributed by atoms with Gasteiger partial charge in [-0.25, -0.2) is 9.13 Å². The lowest BCUT2D eigenvalue weighted by Crippen LogP contribution is -2.30. The Labute approximate surface area is 581 Å². The van der Waals surface area contributed by atoms with Gasteiger partial charge in [0.25, 0.3) is 0 Å². The van der Waals surface area contributed by atoms with Gasteiger partial charge in [-0.2, -0.15) is 0 Å². The minimum Gasteiger partial charge on any atom is -0.462 e. The summed E-state index contributed by atoms with van der Waals surface area (Å²) >= 11 is 0. The number of carbonyl (C=O) groups excluding carboxylic acids is 4. The number of hydrogen-bond acceptors (Lipinski definition) is 15. The number of esters is 4. The van der Waals surface area contributed by atoms with Crippen LogP contribution in [0.2, 0.25) is 0 Å². The third kappa shape index (κ3) is 69.0. The first-order chi connectivity index (χ1) is 45.9. The van der Waals surface area contributed by atoms with E-state index in [0.29, 0.717) is 25.7 Å². The summed E-state index contributed by atoms with van der Waals surface area (Å²) in [6, 6.07) is 0. The Kier molecular flexibility index (Phi) is 66.5. The largest absolute Gasteiger partial charge is 0.472 e. The van der Waals surface area contributed by atoms with Crippen LogP contribution < -0.4 is 0 Å². The van der Waals surface area contributed by atoms with E-state index in [0.717, 1.165) is 102 Å². The monoisotopic (exact) mass is 1400 g/mol. The Hall–Kier alpha value is -1.94. The smallest absolute Gasteiger partial charge is 0.462 e. The molecule has 0 bridgehead atoms. The fourth-order valence-electron chi connectivity index (χ4n) is 11.6. The first kappa shape index (κ1) is 93.1. The summed E-state index contributed by atoms with van der Waals surface area (Å²) in [6.07, 6.45) is 55.3. The third-order valence-electron chi connectivity index (χ3n) is 18.1. The predicted octanol–water partition coefficient (Wildman–Crippen LogP) is 22.3. The summed E-state index contributed by atoms with van der Waals surface area (Å²) < 4.78 is 68.5. The minimum atomic E-state index is -4.96. The summed E-state index contributed by atoms with van der Waals surface area (Å²) in [5.41, 5.74) is 0. The van der Waals surface area contributed by atoms with Gasteiger partial charge in [0.2, 0.25) is 0 Å². The summed E-state index contributed by atoms with van der Waals surface area (Å²) in [5, 5.41) is 10.6. The number of rotatable bonds is 75. The van der Waals surface area contributed by atoms with Crippen LogP contribution in [0.15, 0.2) is 0 Å². The van der Waals surface area contributed by atoms with Gasteiger partial charge in [0.15, 0.2) is 12.2 Å². The topological polar surface area (TPSA) is 237 Å². The van der Waals surface area contributed by atoms with Crippen LogP contribution in [-0.4, -0.2) is 96.7 Å². The Morgan fingerprint density at radius 3 is 0.800 bits per heavy atom. The van der Waals surface area contributed by atoms with Crippen LogP contribution in [0.3, 0.4) is 0 Å². The average Bonchev–Trinajstić information content (AvgIpc) is 1.99. The minimum absolute atomic E-state index is 0.106. The predicted molar refractivity (Wildman–Crippen MR) is 386 cm³/mol. The van der Waals surface area contributed by atoms with Crippen molar-refractivity contribution >= 4 is 39.5 Å². The van der Waals surface area contributed by atoms with E-state index in [1.807, 2.05) is 0 Å². The highest BCUT2D eigenvalue weighted by Gasteiger charge is 2.30. The number of hydrogen-bond donors (Lipinski definition) is 3. The van der Waals surface area contributed by atoms with E-state index in [2.05, 4.69) is 41.5 Å². The van der Waals surface area contributed by atoms with Gasteiger partial charge in [-0.15, -0.1) is 0 Å². The molecule has 0 aliphatic carbocycles. The molecule has 0 saturated heterocycles. The SMILES string of the molecule is CCCCCCCCCCCCCCCCCC(=O)OC[C@H](COP(=O)(O)OC[C@@H](O)COP(=O)(O)OC[C@@H](COC(=O)CCCCCCCCCCC)OC(=O)CCCCCCCCCCCCC(C)CC)OC(=O)CCCCCCCCCCCCCCCCC(C)C. The van der Waals surface area contributed by atoms with Gasteiger partial charge in [0, 0.05) is 25.7 Å². The van der Waals surface area contributed by atoms with Crippen molar-refractivity contribution in [3.63, 3.8) is 0 Å². The van der Waals surface area contributed by atoms with Crippen molar-refractivity contribution in [1.82, 2.24) is 0 Å². The van der Waals surface area contributed by atoms with Crippen molar-refractivity contribution in [2.75, 3.05) is 39.6 Å². The van der Waals surface area contributed by atoms with E-state index >= 15 is 0 Å². The van der Waals surface area contributed by atoms with Crippen LogP contribution in [0.4, 0.5) is 0 Å². The lowest BCUT2D eigenvalue weighted by atomic mass is 9.99. The van der Waals surface area contributed by atoms with E-state index in [1.54, 1.807) is 0 Å². The Morgan fingerprint density at radius 2 is 0.537 bits per heavy atom. The first-order valence-corrected chi connectivity index (χ1v) is 42.5. The molecule has 0 aromatic rings. The molecular weight excluding hydrogens is 1250 g/mol. The summed E-state index contributed by atoms with van der Waals surface area (Å²) in [7, 11) is -9.91. The van der Waals surface area contributed by atoms with Crippen molar-refractivity contribution in [1.29, 1.82) is 0 Å².